The molecule has 3 amide bonds. The quantitative estimate of drug-likeness (QED) is 0.503. The van der Waals surface area contributed by atoms with Gasteiger partial charge < -0.3 is 15.0 Å². The number of hydrazine groups is 1. The van der Waals surface area contributed by atoms with Gasteiger partial charge in [0.2, 0.25) is 0 Å². The van der Waals surface area contributed by atoms with Crippen molar-refractivity contribution in [1.29, 1.82) is 0 Å². The molecule has 1 saturated heterocycles. The van der Waals surface area contributed by atoms with Crippen LogP contribution in [-0.2, 0) is 4.74 Å². The molecule has 0 saturated carbocycles. The van der Waals surface area contributed by atoms with E-state index in [9.17, 15) is 9.59 Å². The first-order chi connectivity index (χ1) is 12.1. The van der Waals surface area contributed by atoms with Crippen LogP contribution < -0.4 is 21.1 Å². The van der Waals surface area contributed by atoms with Crippen LogP contribution in [0.25, 0.3) is 0 Å². The molecule has 9 heteroatoms. The number of amides is 3. The van der Waals surface area contributed by atoms with Crippen LogP contribution >= 0.6 is 11.3 Å². The van der Waals surface area contributed by atoms with Crippen molar-refractivity contribution < 1.29 is 14.3 Å². The molecular weight excluding hydrogens is 342 g/mol. The van der Waals surface area contributed by atoms with Crippen molar-refractivity contribution in [2.75, 3.05) is 37.7 Å². The zero-order chi connectivity index (χ0) is 18.1. The van der Waals surface area contributed by atoms with Crippen molar-refractivity contribution in [3.05, 3.63) is 10.6 Å². The Morgan fingerprint density at radius 3 is 2.68 bits per heavy atom. The molecule has 3 N–H and O–H groups in total. The van der Waals surface area contributed by atoms with Gasteiger partial charge in [-0.15, -0.1) is 0 Å². The zero-order valence-corrected chi connectivity index (χ0v) is 15.7. The number of aryl methyl sites for hydroxylation is 1. The molecular formula is C16H27N5O3S. The van der Waals surface area contributed by atoms with Crippen LogP contribution in [0.5, 0.6) is 0 Å². The van der Waals surface area contributed by atoms with Gasteiger partial charge in [0.15, 0.2) is 5.13 Å². The Bertz CT molecular complexity index is 572. The summed E-state index contributed by atoms with van der Waals surface area (Å²) in [5, 5.41) is 3.53. The van der Waals surface area contributed by atoms with E-state index in [-0.39, 0.29) is 5.91 Å². The van der Waals surface area contributed by atoms with Crippen LogP contribution in [0.3, 0.4) is 0 Å². The van der Waals surface area contributed by atoms with Crippen LogP contribution in [-0.4, -0.2) is 49.8 Å². The molecule has 1 aliphatic rings. The lowest BCUT2D eigenvalue weighted by Crippen LogP contribution is -2.47. The number of unbranched alkanes of at least 4 members (excludes halogenated alkanes) is 3. The van der Waals surface area contributed by atoms with E-state index in [4.69, 9.17) is 4.74 Å². The van der Waals surface area contributed by atoms with Crippen LogP contribution in [0, 0.1) is 6.92 Å². The number of morpholine rings is 1. The van der Waals surface area contributed by atoms with Crippen LogP contribution in [0.15, 0.2) is 0 Å². The van der Waals surface area contributed by atoms with Crippen LogP contribution in [0.4, 0.5) is 9.93 Å². The van der Waals surface area contributed by atoms with E-state index in [0.717, 1.165) is 43.9 Å². The Balaban J connectivity index is 1.76. The van der Waals surface area contributed by atoms with Gasteiger partial charge in [-0.05, 0) is 13.3 Å². The van der Waals surface area contributed by atoms with E-state index in [1.807, 2.05) is 0 Å². The molecule has 0 radical (unpaired) electrons. The zero-order valence-electron chi connectivity index (χ0n) is 14.9. The number of ether oxygens (including phenoxy) is 1. The lowest BCUT2D eigenvalue weighted by atomic mass is 10.2. The highest BCUT2D eigenvalue weighted by molar-refractivity contribution is 7.17. The fourth-order valence-electron chi connectivity index (χ4n) is 2.45. The van der Waals surface area contributed by atoms with Crippen molar-refractivity contribution in [3.63, 3.8) is 0 Å². The summed E-state index contributed by atoms with van der Waals surface area (Å²) in [5.74, 6) is -0.351. The predicted octanol–water partition coefficient (Wildman–Crippen LogP) is 1.81. The van der Waals surface area contributed by atoms with Gasteiger partial charge in [0, 0.05) is 19.6 Å². The normalized spacial score (nSPS) is 14.2. The monoisotopic (exact) mass is 369 g/mol. The summed E-state index contributed by atoms with van der Waals surface area (Å²) in [6, 6.07) is -0.402. The topological polar surface area (TPSA) is 95.6 Å². The molecule has 2 heterocycles. The number of carbonyl (C=O) groups is 2. The van der Waals surface area contributed by atoms with Gasteiger partial charge in [-0.1, -0.05) is 37.5 Å². The summed E-state index contributed by atoms with van der Waals surface area (Å²) in [6.07, 6.45) is 4.35. The SMILES string of the molecule is CCCCCCNC(=O)NNC(=O)c1sc(N2CCOCC2)nc1C. The Kier molecular flexibility index (Phi) is 7.93. The molecule has 2 rings (SSSR count). The van der Waals surface area contributed by atoms with Gasteiger partial charge in [0.05, 0.1) is 18.9 Å². The molecule has 140 valence electrons. The van der Waals surface area contributed by atoms with Gasteiger partial charge in [-0.3, -0.25) is 10.2 Å². The van der Waals surface area contributed by atoms with E-state index in [0.29, 0.717) is 30.3 Å². The second-order valence-corrected chi connectivity index (χ2v) is 6.88. The van der Waals surface area contributed by atoms with Gasteiger partial charge in [-0.25, -0.2) is 15.2 Å². The number of carbonyl (C=O) groups excluding carboxylic acids is 2. The lowest BCUT2D eigenvalue weighted by Gasteiger charge is -2.25. The Morgan fingerprint density at radius 1 is 1.20 bits per heavy atom. The van der Waals surface area contributed by atoms with E-state index in [1.54, 1.807) is 6.92 Å². The number of urea groups is 1. The fraction of sp³-hybridized carbons (Fsp3) is 0.688. The molecule has 0 unspecified atom stereocenters. The van der Waals surface area contributed by atoms with Gasteiger partial charge in [0.25, 0.3) is 5.91 Å². The predicted molar refractivity (Wildman–Crippen MR) is 98.0 cm³/mol. The Labute approximate surface area is 152 Å². The van der Waals surface area contributed by atoms with E-state index in [2.05, 4.69) is 33.0 Å². The molecule has 1 aliphatic heterocycles. The number of hydrogen-bond acceptors (Lipinski definition) is 6. The second-order valence-electron chi connectivity index (χ2n) is 5.91. The van der Waals surface area contributed by atoms with E-state index >= 15 is 0 Å². The van der Waals surface area contributed by atoms with Crippen molar-refractivity contribution in [1.82, 2.24) is 21.2 Å². The standard InChI is InChI=1S/C16H27N5O3S/c1-3-4-5-6-7-17-15(23)20-19-14(22)13-12(2)18-16(25-13)21-8-10-24-11-9-21/h3-11H2,1-2H3,(H,19,22)(H2,17,20,23). The molecule has 8 nitrogen and oxygen atoms in total. The summed E-state index contributed by atoms with van der Waals surface area (Å²) >= 11 is 1.33. The number of rotatable bonds is 7. The maximum Gasteiger partial charge on any atom is 0.333 e. The highest BCUT2D eigenvalue weighted by atomic mass is 32.1. The van der Waals surface area contributed by atoms with E-state index in [1.165, 1.54) is 11.3 Å². The van der Waals surface area contributed by atoms with Crippen molar-refractivity contribution in [2.45, 2.75) is 39.5 Å². The third kappa shape index (κ3) is 6.17. The molecule has 0 bridgehead atoms. The highest BCUT2D eigenvalue weighted by Crippen LogP contribution is 2.26. The summed E-state index contributed by atoms with van der Waals surface area (Å²) in [7, 11) is 0. The largest absolute Gasteiger partial charge is 0.378 e. The summed E-state index contributed by atoms with van der Waals surface area (Å²) in [6.45, 7) is 7.41. The maximum atomic E-state index is 12.3. The van der Waals surface area contributed by atoms with Crippen LogP contribution in [0.1, 0.15) is 48.0 Å². The minimum Gasteiger partial charge on any atom is -0.378 e. The van der Waals surface area contributed by atoms with Crippen molar-refractivity contribution >= 4 is 28.4 Å². The van der Waals surface area contributed by atoms with Gasteiger partial charge >= 0.3 is 6.03 Å². The first-order valence-electron chi connectivity index (χ1n) is 8.76. The molecule has 0 spiro atoms. The molecule has 1 fully saturated rings. The molecule has 0 atom stereocenters. The molecule has 1 aromatic rings. The molecule has 25 heavy (non-hydrogen) atoms. The average molecular weight is 369 g/mol. The number of hydrogen-bond donors (Lipinski definition) is 3. The Hall–Kier alpha value is -1.87. The summed E-state index contributed by atoms with van der Waals surface area (Å²) in [4.78, 5) is 31.0. The van der Waals surface area contributed by atoms with Crippen molar-refractivity contribution in [2.24, 2.45) is 0 Å². The highest BCUT2D eigenvalue weighted by Gasteiger charge is 2.20. The molecule has 0 aliphatic carbocycles. The van der Waals surface area contributed by atoms with Gasteiger partial charge in [-0.2, -0.15) is 0 Å². The van der Waals surface area contributed by atoms with Crippen LogP contribution in [0.2, 0.25) is 0 Å². The third-order valence-corrected chi connectivity index (χ3v) is 5.10. The number of aromatic nitrogens is 1. The minimum atomic E-state index is -0.402. The average Bonchev–Trinajstić information content (AvgIpc) is 3.02. The Morgan fingerprint density at radius 2 is 1.96 bits per heavy atom. The molecule has 1 aromatic heterocycles. The fourth-order valence-corrected chi connectivity index (χ4v) is 3.46. The van der Waals surface area contributed by atoms with Crippen molar-refractivity contribution in [3.8, 4) is 0 Å². The van der Waals surface area contributed by atoms with E-state index < -0.39 is 6.03 Å². The third-order valence-electron chi connectivity index (χ3n) is 3.88. The maximum absolute atomic E-state index is 12.3. The minimum absolute atomic E-state index is 0.351. The summed E-state index contributed by atoms with van der Waals surface area (Å²) < 4.78 is 5.33. The number of thiazole rings is 1. The number of nitrogens with one attached hydrogen (secondary N) is 3. The van der Waals surface area contributed by atoms with Gasteiger partial charge in [0.1, 0.15) is 4.88 Å². The number of nitrogens with zero attached hydrogens (tertiary/aromatic N) is 2. The first-order valence-corrected chi connectivity index (χ1v) is 9.57. The smallest absolute Gasteiger partial charge is 0.333 e. The molecule has 0 aromatic carbocycles. The number of anilines is 1. The second kappa shape index (κ2) is 10.2. The first kappa shape index (κ1) is 19.5. The summed E-state index contributed by atoms with van der Waals surface area (Å²) in [5.41, 5.74) is 5.48. The lowest BCUT2D eigenvalue weighted by molar-refractivity contribution is 0.0939.